The summed E-state index contributed by atoms with van der Waals surface area (Å²) >= 11 is 5.11. The first-order valence-corrected chi connectivity index (χ1v) is 8.18. The van der Waals surface area contributed by atoms with E-state index in [2.05, 4.69) is 27.1 Å². The van der Waals surface area contributed by atoms with Crippen molar-refractivity contribution in [3.8, 4) is 0 Å². The average Bonchev–Trinajstić information content (AvgIpc) is 2.93. The summed E-state index contributed by atoms with van der Waals surface area (Å²) in [5, 5.41) is 6.22. The molecular formula is C14H16BrN3OS. The lowest BCUT2D eigenvalue weighted by molar-refractivity contribution is -0.131. The van der Waals surface area contributed by atoms with Gasteiger partial charge in [0.05, 0.1) is 12.7 Å². The zero-order valence-corrected chi connectivity index (χ0v) is 13.8. The minimum absolute atomic E-state index is 0.132. The van der Waals surface area contributed by atoms with Gasteiger partial charge in [0.25, 0.3) is 0 Å². The van der Waals surface area contributed by atoms with Crippen molar-refractivity contribution < 1.29 is 4.79 Å². The Labute approximate surface area is 130 Å². The molecule has 106 valence electrons. The number of hydrogen-bond acceptors (Lipinski definition) is 3. The molecule has 2 aromatic rings. The number of amides is 1. The molecule has 0 aromatic carbocycles. The van der Waals surface area contributed by atoms with Crippen LogP contribution in [0.2, 0.25) is 0 Å². The maximum atomic E-state index is 12.4. The largest absolute Gasteiger partial charge is 0.340 e. The minimum atomic E-state index is 0.132. The monoisotopic (exact) mass is 353 g/mol. The van der Waals surface area contributed by atoms with E-state index < -0.39 is 0 Å². The van der Waals surface area contributed by atoms with E-state index in [1.165, 1.54) is 10.4 Å². The average molecular weight is 354 g/mol. The lowest BCUT2D eigenvalue weighted by atomic mass is 10.2. The van der Waals surface area contributed by atoms with Crippen molar-refractivity contribution in [2.24, 2.45) is 13.0 Å². The van der Waals surface area contributed by atoms with Crippen LogP contribution in [0.3, 0.4) is 0 Å². The van der Waals surface area contributed by atoms with Crippen LogP contribution in [0.25, 0.3) is 0 Å². The SMILES string of the molecule is CN(Cc1cc(Br)cs1)C(=O)[C@@H]1C[C@H]1c1cnn(C)c1. The molecule has 3 rings (SSSR count). The molecular weight excluding hydrogens is 338 g/mol. The summed E-state index contributed by atoms with van der Waals surface area (Å²) < 4.78 is 2.88. The summed E-state index contributed by atoms with van der Waals surface area (Å²) in [5.74, 6) is 0.727. The van der Waals surface area contributed by atoms with E-state index in [0.29, 0.717) is 12.5 Å². The van der Waals surface area contributed by atoms with Crippen LogP contribution < -0.4 is 0 Å². The summed E-state index contributed by atoms with van der Waals surface area (Å²) in [6, 6.07) is 2.07. The quantitative estimate of drug-likeness (QED) is 0.847. The van der Waals surface area contributed by atoms with Gasteiger partial charge < -0.3 is 4.90 Å². The highest BCUT2D eigenvalue weighted by Crippen LogP contribution is 2.48. The van der Waals surface area contributed by atoms with Crippen LogP contribution in [0, 0.1) is 5.92 Å². The molecule has 0 unspecified atom stereocenters. The van der Waals surface area contributed by atoms with Crippen molar-refractivity contribution in [2.75, 3.05) is 7.05 Å². The topological polar surface area (TPSA) is 38.1 Å². The predicted molar refractivity (Wildman–Crippen MR) is 82.5 cm³/mol. The van der Waals surface area contributed by atoms with Crippen molar-refractivity contribution in [1.82, 2.24) is 14.7 Å². The van der Waals surface area contributed by atoms with Crippen LogP contribution in [0.15, 0.2) is 28.3 Å². The molecule has 2 heterocycles. The lowest BCUT2D eigenvalue weighted by Crippen LogP contribution is -2.27. The van der Waals surface area contributed by atoms with Gasteiger partial charge in [-0.25, -0.2) is 0 Å². The molecule has 20 heavy (non-hydrogen) atoms. The number of carbonyl (C=O) groups is 1. The van der Waals surface area contributed by atoms with Gasteiger partial charge in [-0.2, -0.15) is 5.10 Å². The molecule has 0 aliphatic heterocycles. The molecule has 1 aliphatic rings. The first-order valence-electron chi connectivity index (χ1n) is 6.51. The molecule has 1 fully saturated rings. The number of hydrogen-bond donors (Lipinski definition) is 0. The van der Waals surface area contributed by atoms with Gasteiger partial charge in [0, 0.05) is 40.9 Å². The standard InChI is InChI=1S/C14H16BrN3OS/c1-17(7-11-3-10(15)8-20-11)14(19)13-4-12(13)9-5-16-18(2)6-9/h3,5-6,8,12-13H,4,7H2,1-2H3/t12-,13+/m0/s1. The summed E-state index contributed by atoms with van der Waals surface area (Å²) in [4.78, 5) is 15.4. The molecule has 0 bridgehead atoms. The van der Waals surface area contributed by atoms with Crippen molar-refractivity contribution in [2.45, 2.75) is 18.9 Å². The number of rotatable bonds is 4. The first kappa shape index (κ1) is 13.8. The second-order valence-corrected chi connectivity index (χ2v) is 7.23. The maximum absolute atomic E-state index is 12.4. The fraction of sp³-hybridized carbons (Fsp3) is 0.429. The molecule has 1 aliphatic carbocycles. The number of carbonyl (C=O) groups excluding carboxylic acids is 1. The van der Waals surface area contributed by atoms with E-state index in [0.717, 1.165) is 10.9 Å². The van der Waals surface area contributed by atoms with Crippen LogP contribution in [0.1, 0.15) is 22.8 Å². The Morgan fingerprint density at radius 2 is 2.45 bits per heavy atom. The van der Waals surface area contributed by atoms with Crippen molar-refractivity contribution in [1.29, 1.82) is 0 Å². The third-order valence-corrected chi connectivity index (χ3v) is 5.33. The molecule has 1 saturated carbocycles. The normalized spacial score (nSPS) is 20.9. The molecule has 2 aromatic heterocycles. The summed E-state index contributed by atoms with van der Waals surface area (Å²) in [6.07, 6.45) is 4.83. The Hall–Kier alpha value is -1.14. The molecule has 2 atom stereocenters. The van der Waals surface area contributed by atoms with Gasteiger partial charge >= 0.3 is 0 Å². The predicted octanol–water partition coefficient (Wildman–Crippen LogP) is 3.01. The summed E-state index contributed by atoms with van der Waals surface area (Å²) in [7, 11) is 3.79. The molecule has 0 spiro atoms. The third-order valence-electron chi connectivity index (χ3n) is 3.65. The van der Waals surface area contributed by atoms with Crippen molar-refractivity contribution in [3.05, 3.63) is 38.8 Å². The van der Waals surface area contributed by atoms with Crippen LogP contribution in [-0.2, 0) is 18.4 Å². The Kier molecular flexibility index (Phi) is 3.69. The molecule has 1 amide bonds. The number of aryl methyl sites for hydroxylation is 1. The third kappa shape index (κ3) is 2.81. The van der Waals surface area contributed by atoms with E-state index in [-0.39, 0.29) is 11.8 Å². The van der Waals surface area contributed by atoms with E-state index in [1.54, 1.807) is 16.0 Å². The Bertz CT molecular complexity index is 632. The summed E-state index contributed by atoms with van der Waals surface area (Å²) in [5.41, 5.74) is 1.18. The second-order valence-electron chi connectivity index (χ2n) is 5.32. The first-order chi connectivity index (χ1) is 9.54. The van der Waals surface area contributed by atoms with E-state index in [9.17, 15) is 4.79 Å². The molecule has 0 radical (unpaired) electrons. The van der Waals surface area contributed by atoms with Gasteiger partial charge in [0.15, 0.2) is 0 Å². The Morgan fingerprint density at radius 3 is 3.05 bits per heavy atom. The highest BCUT2D eigenvalue weighted by atomic mass is 79.9. The number of thiophene rings is 1. The zero-order valence-electron chi connectivity index (χ0n) is 11.4. The highest BCUT2D eigenvalue weighted by molar-refractivity contribution is 9.10. The van der Waals surface area contributed by atoms with E-state index in [1.807, 2.05) is 36.8 Å². The van der Waals surface area contributed by atoms with E-state index >= 15 is 0 Å². The van der Waals surface area contributed by atoms with Gasteiger partial charge in [0.1, 0.15) is 0 Å². The maximum Gasteiger partial charge on any atom is 0.226 e. The highest BCUT2D eigenvalue weighted by Gasteiger charge is 2.45. The van der Waals surface area contributed by atoms with Crippen LogP contribution in [-0.4, -0.2) is 27.6 Å². The fourth-order valence-corrected chi connectivity index (χ4v) is 4.00. The number of halogens is 1. The summed E-state index contributed by atoms with van der Waals surface area (Å²) in [6.45, 7) is 0.686. The smallest absolute Gasteiger partial charge is 0.226 e. The Balaban J connectivity index is 1.60. The second kappa shape index (κ2) is 5.33. The van der Waals surface area contributed by atoms with Gasteiger partial charge in [-0.15, -0.1) is 11.3 Å². The minimum Gasteiger partial charge on any atom is -0.340 e. The molecule has 0 N–H and O–H groups in total. The number of nitrogens with zero attached hydrogens (tertiary/aromatic N) is 3. The zero-order chi connectivity index (χ0) is 14.3. The van der Waals surface area contributed by atoms with Crippen LogP contribution >= 0.6 is 27.3 Å². The number of aromatic nitrogens is 2. The van der Waals surface area contributed by atoms with E-state index in [4.69, 9.17) is 0 Å². The Morgan fingerprint density at radius 1 is 1.65 bits per heavy atom. The fourth-order valence-electron chi connectivity index (χ4n) is 2.50. The van der Waals surface area contributed by atoms with Gasteiger partial charge in [-0.1, -0.05) is 0 Å². The molecule has 6 heteroatoms. The van der Waals surface area contributed by atoms with Gasteiger partial charge in [-0.3, -0.25) is 9.48 Å². The molecule has 4 nitrogen and oxygen atoms in total. The van der Waals surface area contributed by atoms with Gasteiger partial charge in [0.2, 0.25) is 5.91 Å². The van der Waals surface area contributed by atoms with Crippen molar-refractivity contribution in [3.63, 3.8) is 0 Å². The molecule has 0 saturated heterocycles. The lowest BCUT2D eigenvalue weighted by Gasteiger charge is -2.16. The van der Waals surface area contributed by atoms with Gasteiger partial charge in [-0.05, 0) is 39.9 Å². The van der Waals surface area contributed by atoms with Crippen LogP contribution in [0.4, 0.5) is 0 Å². The van der Waals surface area contributed by atoms with Crippen molar-refractivity contribution >= 4 is 33.2 Å². The van der Waals surface area contributed by atoms with Crippen LogP contribution in [0.5, 0.6) is 0 Å².